The number of carboxylic acid groups (broad SMARTS) is 1. The van der Waals surface area contributed by atoms with Gasteiger partial charge in [-0.1, -0.05) is 17.5 Å². The van der Waals surface area contributed by atoms with Gasteiger partial charge in [0.25, 0.3) is 5.69 Å². The Morgan fingerprint density at radius 1 is 1.52 bits per heavy atom. The maximum Gasteiger partial charge on any atom is 0.318 e. The van der Waals surface area contributed by atoms with Crippen molar-refractivity contribution in [2.45, 2.75) is 4.90 Å². The fraction of sp³-hybridized carbons (Fsp3) is 0.182. The number of carboxylic acids is 1. The first-order valence-corrected chi connectivity index (χ1v) is 7.11. The van der Waals surface area contributed by atoms with Crippen molar-refractivity contribution in [3.63, 3.8) is 0 Å². The van der Waals surface area contributed by atoms with E-state index in [2.05, 4.69) is 0 Å². The predicted octanol–water partition coefficient (Wildman–Crippen LogP) is 0.957. The average Bonchev–Trinajstić information content (AvgIpc) is 2.37. The highest BCUT2D eigenvalue weighted by Crippen LogP contribution is 2.28. The second kappa shape index (κ2) is 6.53. The lowest BCUT2D eigenvalue weighted by Crippen LogP contribution is -2.36. The lowest BCUT2D eigenvalue weighted by Gasteiger charge is -2.17. The monoisotopic (exact) mass is 332 g/mol. The molecule has 0 aliphatic rings. The van der Waals surface area contributed by atoms with Crippen LogP contribution >= 0.6 is 11.6 Å². The molecule has 8 nitrogen and oxygen atoms in total. The van der Waals surface area contributed by atoms with Gasteiger partial charge in [-0.3, -0.25) is 14.9 Å². The Hall–Kier alpha value is -2.15. The molecular formula is C11H9ClN2O6S. The van der Waals surface area contributed by atoms with E-state index >= 15 is 0 Å². The quantitative estimate of drug-likeness (QED) is 0.471. The Labute approximate surface area is 125 Å². The molecule has 1 rings (SSSR count). The fourth-order valence-corrected chi connectivity index (χ4v) is 2.93. The number of hydrogen-bond acceptors (Lipinski definition) is 5. The van der Waals surface area contributed by atoms with Crippen LogP contribution < -0.4 is 0 Å². The Balaban J connectivity index is 3.35. The van der Waals surface area contributed by atoms with E-state index in [0.29, 0.717) is 4.31 Å². The van der Waals surface area contributed by atoms with Gasteiger partial charge in [-0.05, 0) is 12.1 Å². The number of aliphatic carboxylic acids is 1. The molecule has 21 heavy (non-hydrogen) atoms. The van der Waals surface area contributed by atoms with Crippen molar-refractivity contribution in [3.8, 4) is 12.3 Å². The highest BCUT2D eigenvalue weighted by molar-refractivity contribution is 7.89. The lowest BCUT2D eigenvalue weighted by molar-refractivity contribution is -0.384. The predicted molar refractivity (Wildman–Crippen MR) is 73.3 cm³/mol. The second-order valence-electron chi connectivity index (χ2n) is 3.74. The molecular weight excluding hydrogens is 324 g/mol. The number of carbonyl (C=O) groups is 1. The van der Waals surface area contributed by atoms with Crippen molar-refractivity contribution in [3.05, 3.63) is 33.3 Å². The van der Waals surface area contributed by atoms with Crippen molar-refractivity contribution < 1.29 is 23.2 Å². The molecule has 112 valence electrons. The number of nitro groups is 1. The van der Waals surface area contributed by atoms with E-state index in [1.165, 1.54) is 0 Å². The van der Waals surface area contributed by atoms with Crippen molar-refractivity contribution in [2.75, 3.05) is 13.1 Å². The SMILES string of the molecule is C#CCN(CC(=O)O)S(=O)(=O)c1ccc(Cl)c([N+](=O)[O-])c1. The van der Waals surface area contributed by atoms with E-state index < -0.39 is 44.6 Å². The summed E-state index contributed by atoms with van der Waals surface area (Å²) in [7, 11) is -4.28. The van der Waals surface area contributed by atoms with Crippen LogP contribution in [0.5, 0.6) is 0 Å². The second-order valence-corrected chi connectivity index (χ2v) is 6.09. The first kappa shape index (κ1) is 16.9. The van der Waals surface area contributed by atoms with Crippen LogP contribution in [0.3, 0.4) is 0 Å². The summed E-state index contributed by atoms with van der Waals surface area (Å²) in [5.41, 5.74) is -0.603. The molecule has 0 fully saturated rings. The van der Waals surface area contributed by atoms with Crippen LogP contribution in [0.4, 0.5) is 5.69 Å². The average molecular weight is 333 g/mol. The summed E-state index contributed by atoms with van der Waals surface area (Å²) in [6.45, 7) is -1.34. The molecule has 0 heterocycles. The number of nitrogens with zero attached hydrogens (tertiary/aromatic N) is 2. The molecule has 0 atom stereocenters. The maximum atomic E-state index is 12.2. The lowest BCUT2D eigenvalue weighted by atomic mass is 10.3. The third kappa shape index (κ3) is 3.91. The van der Waals surface area contributed by atoms with Crippen molar-refractivity contribution in [2.24, 2.45) is 0 Å². The molecule has 1 aromatic carbocycles. The largest absolute Gasteiger partial charge is 0.480 e. The van der Waals surface area contributed by atoms with Gasteiger partial charge in [-0.15, -0.1) is 6.42 Å². The van der Waals surface area contributed by atoms with Crippen molar-refractivity contribution in [1.29, 1.82) is 0 Å². The van der Waals surface area contributed by atoms with Gasteiger partial charge >= 0.3 is 5.97 Å². The summed E-state index contributed by atoms with van der Waals surface area (Å²) >= 11 is 5.59. The normalized spacial score (nSPS) is 11.1. The van der Waals surface area contributed by atoms with Gasteiger partial charge < -0.3 is 5.11 Å². The minimum absolute atomic E-state index is 0.235. The van der Waals surface area contributed by atoms with Crippen molar-refractivity contribution >= 4 is 33.3 Å². The summed E-state index contributed by atoms with van der Waals surface area (Å²) in [6.07, 6.45) is 5.00. The number of hydrogen-bond donors (Lipinski definition) is 1. The molecule has 0 aliphatic carbocycles. The van der Waals surface area contributed by atoms with Crippen LogP contribution in [0.1, 0.15) is 0 Å². The molecule has 10 heteroatoms. The zero-order chi connectivity index (χ0) is 16.2. The molecule has 0 bridgehead atoms. The van der Waals surface area contributed by atoms with Crippen molar-refractivity contribution in [1.82, 2.24) is 4.31 Å². The zero-order valence-corrected chi connectivity index (χ0v) is 12.0. The topological polar surface area (TPSA) is 118 Å². The van der Waals surface area contributed by atoms with E-state index in [0.717, 1.165) is 18.2 Å². The number of sulfonamides is 1. The first-order valence-electron chi connectivity index (χ1n) is 5.29. The van der Waals surface area contributed by atoms with Gasteiger partial charge in [0.2, 0.25) is 10.0 Å². The molecule has 0 aliphatic heterocycles. The Morgan fingerprint density at radius 2 is 2.14 bits per heavy atom. The Bertz CT molecular complexity index is 725. The number of terminal acetylenes is 1. The molecule has 0 amide bonds. The third-order valence-electron chi connectivity index (χ3n) is 2.33. The molecule has 0 unspecified atom stereocenters. The van der Waals surface area contributed by atoms with Gasteiger partial charge in [-0.25, -0.2) is 8.42 Å². The van der Waals surface area contributed by atoms with E-state index in [-0.39, 0.29) is 5.02 Å². The standard InChI is InChI=1S/C11H9ClN2O6S/c1-2-5-13(7-11(15)16)21(19,20)8-3-4-9(12)10(6-8)14(17)18/h1,3-4,6H,5,7H2,(H,15,16). The summed E-state index contributed by atoms with van der Waals surface area (Å²) < 4.78 is 25.0. The molecule has 0 saturated carbocycles. The number of nitro benzene ring substituents is 1. The number of rotatable bonds is 6. The van der Waals surface area contributed by atoms with Gasteiger partial charge in [0, 0.05) is 6.07 Å². The maximum absolute atomic E-state index is 12.2. The number of halogens is 1. The van der Waals surface area contributed by atoms with E-state index in [1.807, 2.05) is 5.92 Å². The molecule has 0 aromatic heterocycles. The van der Waals surface area contributed by atoms with E-state index in [1.54, 1.807) is 0 Å². The van der Waals surface area contributed by atoms with Crippen LogP contribution in [0.25, 0.3) is 0 Å². The smallest absolute Gasteiger partial charge is 0.318 e. The minimum atomic E-state index is -4.28. The highest BCUT2D eigenvalue weighted by atomic mass is 35.5. The van der Waals surface area contributed by atoms with Crippen LogP contribution in [0.2, 0.25) is 5.02 Å². The Kier molecular flexibility index (Phi) is 5.26. The van der Waals surface area contributed by atoms with Gasteiger partial charge in [-0.2, -0.15) is 4.31 Å². The van der Waals surface area contributed by atoms with Crippen LogP contribution in [-0.4, -0.2) is 41.8 Å². The summed E-state index contributed by atoms with van der Waals surface area (Å²) in [6, 6.07) is 2.83. The summed E-state index contributed by atoms with van der Waals surface area (Å²) in [4.78, 5) is 20.1. The fourth-order valence-electron chi connectivity index (χ4n) is 1.42. The van der Waals surface area contributed by atoms with Gasteiger partial charge in [0.05, 0.1) is 16.4 Å². The van der Waals surface area contributed by atoms with Crippen LogP contribution in [-0.2, 0) is 14.8 Å². The van der Waals surface area contributed by atoms with E-state index in [9.17, 15) is 23.3 Å². The van der Waals surface area contributed by atoms with Gasteiger partial charge in [0.15, 0.2) is 0 Å². The van der Waals surface area contributed by atoms with Crippen LogP contribution in [0.15, 0.2) is 23.1 Å². The summed E-state index contributed by atoms with van der Waals surface area (Å²) in [5.74, 6) is 0.616. The third-order valence-corrected chi connectivity index (χ3v) is 4.44. The molecule has 1 aromatic rings. The molecule has 1 N–H and O–H groups in total. The van der Waals surface area contributed by atoms with Crippen LogP contribution in [0, 0.1) is 22.5 Å². The highest BCUT2D eigenvalue weighted by Gasteiger charge is 2.28. The van der Waals surface area contributed by atoms with Gasteiger partial charge in [0.1, 0.15) is 11.6 Å². The molecule has 0 saturated heterocycles. The minimum Gasteiger partial charge on any atom is -0.480 e. The molecule has 0 radical (unpaired) electrons. The van der Waals surface area contributed by atoms with E-state index in [4.69, 9.17) is 23.1 Å². The zero-order valence-electron chi connectivity index (χ0n) is 10.4. The first-order chi connectivity index (χ1) is 9.70. The Morgan fingerprint density at radius 3 is 2.62 bits per heavy atom. The summed E-state index contributed by atoms with van der Waals surface area (Å²) in [5, 5.41) is 19.2. The number of benzene rings is 1. The molecule has 0 spiro atoms.